The van der Waals surface area contributed by atoms with Crippen molar-refractivity contribution in [1.82, 2.24) is 5.32 Å². The zero-order chi connectivity index (χ0) is 90.9. The number of alkyl carbamates (subject to hydrolysis) is 1. The zero-order valence-electron chi connectivity index (χ0n) is 73.4. The average molecular weight is 1830 g/mol. The van der Waals surface area contributed by atoms with Gasteiger partial charge < -0.3 is 106 Å². The quantitative estimate of drug-likeness (QED) is 0.0156. The number of rotatable bonds is 41. The molecule has 26 atom stereocenters. The van der Waals surface area contributed by atoms with Gasteiger partial charge in [-0.25, -0.2) is 19.2 Å². The molecular formula is C95H119Cl3N2O27. The second-order valence-corrected chi connectivity index (χ2v) is 35.5. The molecule has 5 fully saturated rings. The van der Waals surface area contributed by atoms with Crippen molar-refractivity contribution in [2.45, 2.75) is 241 Å². The molecule has 32 heteroatoms. The molecular weight excluding hydrogens is 1710 g/mol. The van der Waals surface area contributed by atoms with Gasteiger partial charge in [0, 0.05) is 43.4 Å². The first-order chi connectivity index (χ1) is 61.0. The lowest BCUT2D eigenvalue weighted by atomic mass is 9.77. The van der Waals surface area contributed by atoms with Gasteiger partial charge in [-0.2, -0.15) is 0 Å². The maximum Gasteiger partial charge on any atom is 0.407 e. The summed E-state index contributed by atoms with van der Waals surface area (Å²) in [5.74, 6) is -12.3. The molecule has 11 rings (SSSR count). The highest BCUT2D eigenvalue weighted by atomic mass is 35.6. The molecule has 10 unspecified atom stereocenters. The maximum atomic E-state index is 15.2. The number of alkyl halides is 3. The van der Waals surface area contributed by atoms with Crippen LogP contribution in [0.25, 0.3) is 0 Å². The molecule has 692 valence electrons. The minimum absolute atomic E-state index is 0.0130. The number of hydrogen-bond donors (Lipinski definition) is 2. The number of methoxy groups -OCH3 is 1. The Balaban J connectivity index is 1.06. The molecule has 5 heterocycles. The van der Waals surface area contributed by atoms with Gasteiger partial charge in [0.05, 0.1) is 121 Å². The van der Waals surface area contributed by atoms with E-state index in [2.05, 4.69) is 5.32 Å². The molecule has 5 saturated heterocycles. The van der Waals surface area contributed by atoms with Crippen LogP contribution in [0.3, 0.4) is 0 Å². The van der Waals surface area contributed by atoms with Crippen LogP contribution in [0.1, 0.15) is 127 Å². The third-order valence-electron chi connectivity index (χ3n) is 23.9. The van der Waals surface area contributed by atoms with E-state index in [1.165, 1.54) is 20.8 Å². The highest BCUT2D eigenvalue weighted by Crippen LogP contribution is 2.46. The van der Waals surface area contributed by atoms with Crippen LogP contribution < -0.4 is 11.1 Å². The van der Waals surface area contributed by atoms with Crippen molar-refractivity contribution in [2.24, 2.45) is 47.2 Å². The minimum atomic E-state index is -2.63. The Morgan fingerprint density at radius 2 is 1.01 bits per heavy atom. The number of Topliss-reactive ketones (excluding diaryl/α,β-unsaturated/α-hetero) is 1. The monoisotopic (exact) mass is 1820 g/mol. The topological polar surface area (TPSA) is 342 Å². The second-order valence-electron chi connectivity index (χ2n) is 33.0. The van der Waals surface area contributed by atoms with Crippen molar-refractivity contribution in [3.05, 3.63) is 215 Å². The van der Waals surface area contributed by atoms with Crippen molar-refractivity contribution in [1.29, 1.82) is 0 Å². The molecule has 127 heavy (non-hydrogen) atoms. The molecule has 6 aromatic rings. The summed E-state index contributed by atoms with van der Waals surface area (Å²) in [6.45, 7) is 15.1. The van der Waals surface area contributed by atoms with Crippen molar-refractivity contribution < 1.29 is 128 Å². The molecule has 3 N–H and O–H groups in total. The predicted octanol–water partition coefficient (Wildman–Crippen LogP) is 14.1. The van der Waals surface area contributed by atoms with Gasteiger partial charge in [0.2, 0.25) is 3.79 Å². The highest BCUT2D eigenvalue weighted by Gasteiger charge is 2.61. The first-order valence-electron chi connectivity index (χ1n) is 43.2. The second kappa shape index (κ2) is 48.0. The average Bonchev–Trinajstić information content (AvgIpc) is 0.752. The van der Waals surface area contributed by atoms with Crippen molar-refractivity contribution in [2.75, 3.05) is 46.8 Å². The number of nitrogens with one attached hydrogen (secondary N) is 1. The number of benzene rings is 6. The molecule has 0 aromatic heterocycles. The maximum absolute atomic E-state index is 15.2. The van der Waals surface area contributed by atoms with E-state index < -0.39 is 217 Å². The number of amides is 2. The normalized spacial score (nSPS) is 30.1. The lowest BCUT2D eigenvalue weighted by Gasteiger charge is -2.52. The summed E-state index contributed by atoms with van der Waals surface area (Å²) in [4.78, 5) is 98.3. The summed E-state index contributed by atoms with van der Waals surface area (Å²) in [7, 11) is 1.08. The number of ether oxygens (including phenoxy) is 20. The molecule has 0 bridgehead atoms. The molecule has 2 amide bonds. The van der Waals surface area contributed by atoms with Crippen LogP contribution in [0, 0.1) is 41.4 Å². The standard InChI is InChI=1S/C95H119Cl3N2O27/c1-12-71(117-64(10)103)58(4)81-77(62(8)101)72(122-92(99)106)46-94(127-81,91(105)108-11)116-54-74-59(5)82(78(100-93(107)115-55-95(96,97)98)88(118-74)126-83-60(6)73(51-109-47-66-34-21-14-22-35-66)119-89(85(83)114-50-69-40-27-17-28-41-69)111-45-31-42-65-32-19-13-20-33-65)125-90-84(123-86(104)70-43-29-18-30-44-70)61(7)80(75(121-90)52-110-48-67-36-23-15-24-37-67)124-87-57(3)56(2)79(76(120-87)53-112-63(9)102)113-49-68-38-25-16-26-39-68/h13-30,32-41,43-44,56-61,71-85,87-90H,12,31,42,45-55H2,1-11H3,(H2,99,106)(H,100,107)/t56-,57+,58-,59-,60+,61+,71-,72-,73?,74?,75?,76?,77-,78?,79-,80?,81?,82+,83+,84?,85?,87?,88+,89-,90+,94-/m1/s1. The Labute approximate surface area is 756 Å². The zero-order valence-corrected chi connectivity index (χ0v) is 75.7. The van der Waals surface area contributed by atoms with Gasteiger partial charge in [0.25, 0.3) is 5.79 Å². The van der Waals surface area contributed by atoms with Gasteiger partial charge in [-0.1, -0.05) is 253 Å². The van der Waals surface area contributed by atoms with Gasteiger partial charge in [0.15, 0.2) is 31.3 Å². The van der Waals surface area contributed by atoms with E-state index >= 15 is 14.4 Å². The minimum Gasteiger partial charge on any atom is -0.465 e. The number of carbonyl (C=O) groups excluding carboxylic acids is 7. The van der Waals surface area contributed by atoms with Crippen LogP contribution in [0.4, 0.5) is 9.59 Å². The Morgan fingerprint density at radius 3 is 1.55 bits per heavy atom. The Hall–Kier alpha value is -8.28. The molecule has 6 aromatic carbocycles. The van der Waals surface area contributed by atoms with Gasteiger partial charge >= 0.3 is 36.1 Å². The van der Waals surface area contributed by atoms with Gasteiger partial charge in [-0.15, -0.1) is 0 Å². The lowest BCUT2D eigenvalue weighted by Crippen LogP contribution is -2.68. The number of primary amides is 1. The molecule has 5 aliphatic heterocycles. The molecule has 0 radical (unpaired) electrons. The number of hydrogen-bond acceptors (Lipinski definition) is 27. The van der Waals surface area contributed by atoms with Crippen LogP contribution in [0.5, 0.6) is 0 Å². The van der Waals surface area contributed by atoms with E-state index in [4.69, 9.17) is 135 Å². The summed E-state index contributed by atoms with van der Waals surface area (Å²) in [6, 6.07) is 54.5. The molecule has 5 aliphatic rings. The van der Waals surface area contributed by atoms with E-state index in [1.54, 1.807) is 58.0 Å². The SMILES string of the molecule is CC[C@@H](OC(C)=O)[C@@H](C)C1O[C@@](OCC2O[C@@H](O[C@@H]3C(OCc4ccccc4)[C@H](OCCCc4ccccc4)OC(COCc4ccccc4)[C@@H]3C)C(NC(=O)OCC(Cl)(Cl)Cl)[C@@H](O[C@@H]3OC(COCc4ccccc4)C(OC4OC(COC(C)=O)[C@H](OCc5ccccc5)[C@H](C)[C@@H]4C)[C@H](C)C3OC(=O)c3ccccc3)[C@@H]2C)(C(=O)OC)C[C@@H](OC(N)=O)[C@H]1C(C)=O. The van der Waals surface area contributed by atoms with E-state index in [0.29, 0.717) is 12.8 Å². The lowest BCUT2D eigenvalue weighted by molar-refractivity contribution is -0.372. The fraction of sp³-hybridized carbons (Fsp3) is 0.547. The Morgan fingerprint density at radius 1 is 0.512 bits per heavy atom. The largest absolute Gasteiger partial charge is 0.465 e. The van der Waals surface area contributed by atoms with E-state index in [1.807, 2.05) is 172 Å². The number of aryl methyl sites for hydroxylation is 1. The molecule has 0 saturated carbocycles. The number of carbonyl (C=O) groups is 7. The van der Waals surface area contributed by atoms with E-state index in [9.17, 15) is 19.2 Å². The number of esters is 4. The molecule has 0 aliphatic carbocycles. The third kappa shape index (κ3) is 27.9. The van der Waals surface area contributed by atoms with Gasteiger partial charge in [0.1, 0.15) is 55.6 Å². The number of halogens is 3. The Bertz CT molecular complexity index is 4400. The fourth-order valence-corrected chi connectivity index (χ4v) is 17.1. The van der Waals surface area contributed by atoms with Gasteiger partial charge in [-0.05, 0) is 72.1 Å². The smallest absolute Gasteiger partial charge is 0.407 e. The number of ketones is 1. The third-order valence-corrected chi connectivity index (χ3v) is 24.2. The summed E-state index contributed by atoms with van der Waals surface area (Å²) in [5.41, 5.74) is 10.4. The summed E-state index contributed by atoms with van der Waals surface area (Å²) in [5, 5.41) is 2.96. The predicted molar refractivity (Wildman–Crippen MR) is 463 cm³/mol. The van der Waals surface area contributed by atoms with Crippen molar-refractivity contribution in [3.8, 4) is 0 Å². The van der Waals surface area contributed by atoms with Crippen LogP contribution >= 0.6 is 34.8 Å². The highest BCUT2D eigenvalue weighted by molar-refractivity contribution is 6.67. The van der Waals surface area contributed by atoms with E-state index in [-0.39, 0.29) is 70.8 Å². The van der Waals surface area contributed by atoms with E-state index in [0.717, 1.165) is 34.9 Å². The molecule has 0 spiro atoms. The van der Waals surface area contributed by atoms with Crippen LogP contribution in [0.15, 0.2) is 182 Å². The summed E-state index contributed by atoms with van der Waals surface area (Å²) < 4.78 is 132. The summed E-state index contributed by atoms with van der Waals surface area (Å²) in [6.07, 6.45) is -23.1. The number of nitrogens with two attached hydrogens (primary N) is 1. The van der Waals surface area contributed by atoms with Crippen molar-refractivity contribution in [3.63, 3.8) is 0 Å². The Kier molecular flexibility index (Phi) is 37.6. The van der Waals surface area contributed by atoms with Gasteiger partial charge in [-0.3, -0.25) is 14.4 Å². The first kappa shape index (κ1) is 99.3. The van der Waals surface area contributed by atoms with Crippen LogP contribution in [-0.4, -0.2) is 209 Å². The molecule has 29 nitrogen and oxygen atoms in total. The summed E-state index contributed by atoms with van der Waals surface area (Å²) >= 11 is 19.1. The van der Waals surface area contributed by atoms with Crippen molar-refractivity contribution >= 4 is 76.6 Å². The fourth-order valence-electron chi connectivity index (χ4n) is 16.9. The van der Waals surface area contributed by atoms with Crippen LogP contribution in [0.2, 0.25) is 0 Å². The van der Waals surface area contributed by atoms with Crippen LogP contribution in [-0.2, 0) is 147 Å². The first-order valence-corrected chi connectivity index (χ1v) is 44.3.